The van der Waals surface area contributed by atoms with Crippen LogP contribution in [0.5, 0.6) is 11.6 Å². The molecule has 2 amide bonds. The van der Waals surface area contributed by atoms with E-state index in [1.807, 2.05) is 56.3 Å². The molecule has 0 atom stereocenters. The third-order valence-corrected chi connectivity index (χ3v) is 4.18. The molecule has 0 aliphatic rings. The van der Waals surface area contributed by atoms with Crippen LogP contribution in [0.15, 0.2) is 59.1 Å². The summed E-state index contributed by atoms with van der Waals surface area (Å²) in [6.45, 7) is 5.39. The second-order valence-corrected chi connectivity index (χ2v) is 6.49. The highest BCUT2D eigenvalue weighted by Gasteiger charge is 2.07. The molecule has 7 nitrogen and oxygen atoms in total. The summed E-state index contributed by atoms with van der Waals surface area (Å²) in [5, 5.41) is 5.62. The lowest BCUT2D eigenvalue weighted by molar-refractivity contribution is 0.212. The summed E-state index contributed by atoms with van der Waals surface area (Å²) in [5.74, 6) is 2.97. The number of para-hydroxylation sites is 1. The Morgan fingerprint density at radius 3 is 2.45 bits per heavy atom. The number of carbonyl (C=O) groups excluding carboxylic acids is 1. The number of urea groups is 1. The summed E-state index contributed by atoms with van der Waals surface area (Å²) in [6, 6.07) is 14.9. The van der Waals surface area contributed by atoms with Crippen LogP contribution < -0.4 is 20.1 Å². The van der Waals surface area contributed by atoms with Gasteiger partial charge in [0, 0.05) is 30.9 Å². The van der Waals surface area contributed by atoms with Crippen LogP contribution in [0.25, 0.3) is 0 Å². The number of hydrogen-bond acceptors (Lipinski definition) is 5. The van der Waals surface area contributed by atoms with Crippen LogP contribution >= 0.6 is 0 Å². The van der Waals surface area contributed by atoms with E-state index < -0.39 is 0 Å². The van der Waals surface area contributed by atoms with Crippen molar-refractivity contribution in [2.24, 2.45) is 0 Å². The Hall–Kier alpha value is -3.48. The summed E-state index contributed by atoms with van der Waals surface area (Å²) >= 11 is 0. The molecule has 3 rings (SSSR count). The predicted octanol–water partition coefficient (Wildman–Crippen LogP) is 3.75. The molecular formula is C22H25N3O4. The van der Waals surface area contributed by atoms with E-state index in [2.05, 4.69) is 15.6 Å². The van der Waals surface area contributed by atoms with Gasteiger partial charge in [-0.05, 0) is 37.6 Å². The van der Waals surface area contributed by atoms with Crippen LogP contribution in [0, 0.1) is 13.8 Å². The smallest absolute Gasteiger partial charge is 0.315 e. The maximum atomic E-state index is 12.0. The molecule has 0 spiro atoms. The lowest BCUT2D eigenvalue weighted by atomic mass is 10.2. The van der Waals surface area contributed by atoms with Crippen molar-refractivity contribution in [1.82, 2.24) is 15.6 Å². The number of benzene rings is 1. The zero-order chi connectivity index (χ0) is 20.5. The SMILES string of the molecule is Cc1cc(CNC(=O)NCc2ccc(OCCOc3ccccc3)nc2)c(C)o1. The minimum Gasteiger partial charge on any atom is -0.490 e. The van der Waals surface area contributed by atoms with E-state index in [-0.39, 0.29) is 6.03 Å². The van der Waals surface area contributed by atoms with E-state index in [1.54, 1.807) is 12.3 Å². The van der Waals surface area contributed by atoms with Gasteiger partial charge in [0.25, 0.3) is 0 Å². The lowest BCUT2D eigenvalue weighted by Gasteiger charge is -2.09. The Morgan fingerprint density at radius 2 is 1.76 bits per heavy atom. The monoisotopic (exact) mass is 395 g/mol. The third-order valence-electron chi connectivity index (χ3n) is 4.18. The number of pyridine rings is 1. The Balaban J connectivity index is 1.34. The Labute approximate surface area is 170 Å². The molecule has 0 fully saturated rings. The molecule has 0 bridgehead atoms. The fourth-order valence-electron chi connectivity index (χ4n) is 2.70. The van der Waals surface area contributed by atoms with Gasteiger partial charge in [-0.1, -0.05) is 24.3 Å². The fourth-order valence-corrected chi connectivity index (χ4v) is 2.70. The van der Waals surface area contributed by atoms with Crippen molar-refractivity contribution in [3.63, 3.8) is 0 Å². The van der Waals surface area contributed by atoms with Crippen LogP contribution in [0.4, 0.5) is 4.79 Å². The second kappa shape index (κ2) is 10.2. The molecule has 3 aromatic rings. The number of aryl methyl sites for hydroxylation is 2. The first-order chi connectivity index (χ1) is 14.1. The number of aromatic nitrogens is 1. The molecule has 0 aliphatic carbocycles. The number of amides is 2. The third kappa shape index (κ3) is 6.57. The predicted molar refractivity (Wildman–Crippen MR) is 109 cm³/mol. The molecule has 0 unspecified atom stereocenters. The number of hydrogen-bond donors (Lipinski definition) is 2. The van der Waals surface area contributed by atoms with Gasteiger partial charge in [-0.25, -0.2) is 9.78 Å². The first-order valence-corrected chi connectivity index (χ1v) is 9.43. The highest BCUT2D eigenvalue weighted by Crippen LogP contribution is 2.13. The summed E-state index contributed by atoms with van der Waals surface area (Å²) in [4.78, 5) is 16.2. The van der Waals surface area contributed by atoms with Gasteiger partial charge in [0.2, 0.25) is 5.88 Å². The quantitative estimate of drug-likeness (QED) is 0.539. The van der Waals surface area contributed by atoms with Crippen molar-refractivity contribution >= 4 is 6.03 Å². The van der Waals surface area contributed by atoms with Gasteiger partial charge in [0.05, 0.1) is 0 Å². The molecule has 152 valence electrons. The highest BCUT2D eigenvalue weighted by atomic mass is 16.5. The maximum Gasteiger partial charge on any atom is 0.315 e. The van der Waals surface area contributed by atoms with Crippen LogP contribution in [0.2, 0.25) is 0 Å². The number of ether oxygens (including phenoxy) is 2. The summed E-state index contributed by atoms with van der Waals surface area (Å²) < 4.78 is 16.6. The summed E-state index contributed by atoms with van der Waals surface area (Å²) in [7, 11) is 0. The van der Waals surface area contributed by atoms with Crippen molar-refractivity contribution in [1.29, 1.82) is 0 Å². The van der Waals surface area contributed by atoms with E-state index in [0.29, 0.717) is 32.2 Å². The van der Waals surface area contributed by atoms with Gasteiger partial charge in [-0.3, -0.25) is 0 Å². The molecule has 1 aromatic carbocycles. The number of nitrogens with one attached hydrogen (secondary N) is 2. The molecule has 0 aliphatic heterocycles. The Kier molecular flexibility index (Phi) is 7.10. The van der Waals surface area contributed by atoms with Crippen molar-refractivity contribution in [2.45, 2.75) is 26.9 Å². The standard InChI is InChI=1S/C22H25N3O4/c1-16-12-19(17(2)29-16)15-25-22(26)24-14-18-8-9-21(23-13-18)28-11-10-27-20-6-4-3-5-7-20/h3-9,12-13H,10-11,14-15H2,1-2H3,(H2,24,25,26). The van der Waals surface area contributed by atoms with Crippen molar-refractivity contribution < 1.29 is 18.7 Å². The van der Waals surface area contributed by atoms with Crippen LogP contribution in [0.1, 0.15) is 22.6 Å². The van der Waals surface area contributed by atoms with Crippen molar-refractivity contribution in [2.75, 3.05) is 13.2 Å². The van der Waals surface area contributed by atoms with E-state index in [4.69, 9.17) is 13.9 Å². The van der Waals surface area contributed by atoms with Crippen molar-refractivity contribution in [3.8, 4) is 11.6 Å². The Morgan fingerprint density at radius 1 is 1.00 bits per heavy atom. The van der Waals surface area contributed by atoms with E-state index >= 15 is 0 Å². The highest BCUT2D eigenvalue weighted by molar-refractivity contribution is 5.73. The van der Waals surface area contributed by atoms with Crippen LogP contribution in [-0.2, 0) is 13.1 Å². The van der Waals surface area contributed by atoms with Gasteiger partial charge in [-0.2, -0.15) is 0 Å². The maximum absolute atomic E-state index is 12.0. The van der Waals surface area contributed by atoms with Crippen LogP contribution in [-0.4, -0.2) is 24.2 Å². The van der Waals surface area contributed by atoms with Gasteiger partial charge < -0.3 is 24.5 Å². The molecule has 0 saturated heterocycles. The van der Waals surface area contributed by atoms with E-state index in [9.17, 15) is 4.79 Å². The van der Waals surface area contributed by atoms with Gasteiger partial charge in [0.1, 0.15) is 30.5 Å². The minimum absolute atomic E-state index is 0.248. The van der Waals surface area contributed by atoms with E-state index in [0.717, 1.165) is 28.4 Å². The minimum atomic E-state index is -0.248. The second-order valence-electron chi connectivity index (χ2n) is 6.49. The first kappa shape index (κ1) is 20.3. The molecule has 2 aromatic heterocycles. The number of carbonyl (C=O) groups is 1. The zero-order valence-corrected chi connectivity index (χ0v) is 16.6. The molecule has 29 heavy (non-hydrogen) atoms. The van der Waals surface area contributed by atoms with E-state index in [1.165, 1.54) is 0 Å². The topological polar surface area (TPSA) is 85.6 Å². The van der Waals surface area contributed by atoms with Crippen molar-refractivity contribution in [3.05, 3.63) is 77.4 Å². The molecular weight excluding hydrogens is 370 g/mol. The number of furan rings is 1. The normalized spacial score (nSPS) is 10.4. The summed E-state index contributed by atoms with van der Waals surface area (Å²) in [6.07, 6.45) is 1.68. The van der Waals surface area contributed by atoms with Crippen LogP contribution in [0.3, 0.4) is 0 Å². The molecule has 7 heteroatoms. The summed E-state index contributed by atoms with van der Waals surface area (Å²) in [5.41, 5.74) is 1.85. The molecule has 0 radical (unpaired) electrons. The lowest BCUT2D eigenvalue weighted by Crippen LogP contribution is -2.34. The first-order valence-electron chi connectivity index (χ1n) is 9.43. The van der Waals surface area contributed by atoms with Gasteiger partial charge in [-0.15, -0.1) is 0 Å². The van der Waals surface area contributed by atoms with Gasteiger partial charge in [0.15, 0.2) is 0 Å². The average molecular weight is 395 g/mol. The molecule has 0 saturated carbocycles. The van der Waals surface area contributed by atoms with Gasteiger partial charge >= 0.3 is 6.03 Å². The molecule has 2 N–H and O–H groups in total. The zero-order valence-electron chi connectivity index (χ0n) is 16.6. The largest absolute Gasteiger partial charge is 0.490 e. The Bertz CT molecular complexity index is 908. The molecule has 2 heterocycles. The number of nitrogens with zero attached hydrogens (tertiary/aromatic N) is 1. The average Bonchev–Trinajstić information content (AvgIpc) is 3.06. The number of rotatable bonds is 9. The fraction of sp³-hybridized carbons (Fsp3) is 0.273.